The van der Waals surface area contributed by atoms with Gasteiger partial charge in [0, 0.05) is 49.8 Å². The van der Waals surface area contributed by atoms with E-state index in [1.54, 1.807) is 7.11 Å². The Balaban J connectivity index is 1.75. The first-order valence-corrected chi connectivity index (χ1v) is 11.4. The highest BCUT2D eigenvalue weighted by Gasteiger charge is 2.55. The van der Waals surface area contributed by atoms with Crippen molar-refractivity contribution in [1.29, 1.82) is 0 Å². The molecule has 1 fully saturated rings. The maximum Gasteiger partial charge on any atom is 0.124 e. The lowest BCUT2D eigenvalue weighted by molar-refractivity contribution is -0.127. The van der Waals surface area contributed by atoms with Crippen LogP contribution < -0.4 is 0 Å². The number of nitrogens with zero attached hydrogens (tertiary/aromatic N) is 3. The van der Waals surface area contributed by atoms with E-state index in [0.717, 1.165) is 36.3 Å². The summed E-state index contributed by atoms with van der Waals surface area (Å²) in [6, 6.07) is 12.6. The van der Waals surface area contributed by atoms with E-state index in [2.05, 4.69) is 84.9 Å². The molecule has 0 radical (unpaired) electrons. The highest BCUT2D eigenvalue weighted by Crippen LogP contribution is 2.50. The molecule has 5 nitrogen and oxygen atoms in total. The van der Waals surface area contributed by atoms with E-state index < -0.39 is 5.60 Å². The molecule has 1 N–H and O–H groups in total. The largest absolute Gasteiger partial charge is 0.384 e. The van der Waals surface area contributed by atoms with E-state index >= 15 is 0 Å². The average molecular weight is 434 g/mol. The monoisotopic (exact) mass is 433 g/mol. The van der Waals surface area contributed by atoms with Crippen molar-refractivity contribution in [3.63, 3.8) is 0 Å². The molecule has 3 heterocycles. The van der Waals surface area contributed by atoms with Crippen molar-refractivity contribution >= 4 is 0 Å². The zero-order chi connectivity index (χ0) is 22.9. The van der Waals surface area contributed by atoms with E-state index in [4.69, 9.17) is 4.74 Å². The van der Waals surface area contributed by atoms with Crippen molar-refractivity contribution in [2.45, 2.75) is 38.7 Å². The third kappa shape index (κ3) is 4.01. The van der Waals surface area contributed by atoms with Crippen LogP contribution in [-0.4, -0.2) is 53.4 Å². The van der Waals surface area contributed by atoms with Crippen LogP contribution in [0.3, 0.4) is 0 Å². The summed E-state index contributed by atoms with van der Waals surface area (Å²) in [5.41, 5.74) is 3.74. The van der Waals surface area contributed by atoms with Gasteiger partial charge < -0.3 is 19.3 Å². The third-order valence-electron chi connectivity index (χ3n) is 6.90. The van der Waals surface area contributed by atoms with Crippen LogP contribution in [-0.2, 0) is 16.8 Å². The van der Waals surface area contributed by atoms with Gasteiger partial charge in [0.1, 0.15) is 5.60 Å². The van der Waals surface area contributed by atoms with Gasteiger partial charge in [-0.15, -0.1) is 0 Å². The Morgan fingerprint density at radius 2 is 1.84 bits per heavy atom. The molecule has 32 heavy (non-hydrogen) atoms. The first-order chi connectivity index (χ1) is 15.3. The summed E-state index contributed by atoms with van der Waals surface area (Å²) in [7, 11) is 3.82. The Hall–Kier alpha value is -2.47. The molecule has 0 unspecified atom stereocenters. The van der Waals surface area contributed by atoms with Gasteiger partial charge >= 0.3 is 0 Å². The minimum absolute atomic E-state index is 0.304. The van der Waals surface area contributed by atoms with Crippen LogP contribution in [0.4, 0.5) is 0 Å². The predicted octanol–water partition coefficient (Wildman–Crippen LogP) is 4.37. The van der Waals surface area contributed by atoms with Gasteiger partial charge in [-0.05, 0) is 48.2 Å². The summed E-state index contributed by atoms with van der Waals surface area (Å²) in [5, 5.41) is 12.4. The quantitative estimate of drug-likeness (QED) is 0.573. The van der Waals surface area contributed by atoms with Crippen LogP contribution >= 0.6 is 0 Å². The summed E-state index contributed by atoms with van der Waals surface area (Å²) >= 11 is 0. The van der Waals surface area contributed by atoms with E-state index in [1.165, 1.54) is 11.1 Å². The summed E-state index contributed by atoms with van der Waals surface area (Å²) in [5.74, 6) is 0.452. The molecule has 0 amide bonds. The Kier molecular flexibility index (Phi) is 6.26. The minimum atomic E-state index is -1.13. The third-order valence-corrected chi connectivity index (χ3v) is 6.90. The standard InChI is InChI=1S/C27H35N3O2/c1-20(2)22-6-8-23(9-7-22)27(31,26(3)18-29(4)19-26)24-14-25(16-28-15-24)30-12-10-21(17-30)11-13-32-5/h6-10,12,14-17,20,31H,11,13,18-19H2,1-5H3/t27-/m0/s1. The fourth-order valence-electron chi connectivity index (χ4n) is 5.08. The summed E-state index contributed by atoms with van der Waals surface area (Å²) in [6.45, 7) is 8.90. The second-order valence-corrected chi connectivity index (χ2v) is 9.82. The molecule has 3 aromatic rings. The molecule has 2 aromatic heterocycles. The molecule has 0 saturated carbocycles. The number of aromatic nitrogens is 2. The molecule has 1 aliphatic heterocycles. The van der Waals surface area contributed by atoms with Crippen molar-refractivity contribution in [3.05, 3.63) is 83.4 Å². The number of hydrogen-bond donors (Lipinski definition) is 1. The second-order valence-electron chi connectivity index (χ2n) is 9.82. The number of benzene rings is 1. The number of methoxy groups -OCH3 is 1. The summed E-state index contributed by atoms with van der Waals surface area (Å²) in [4.78, 5) is 6.79. The Labute approximate surface area is 191 Å². The van der Waals surface area contributed by atoms with Crippen LogP contribution in [0.25, 0.3) is 5.69 Å². The van der Waals surface area contributed by atoms with E-state index in [0.29, 0.717) is 12.5 Å². The van der Waals surface area contributed by atoms with Gasteiger partial charge in [-0.1, -0.05) is 45.0 Å². The molecule has 1 aliphatic rings. The lowest BCUT2D eigenvalue weighted by Gasteiger charge is -2.55. The molecule has 1 aromatic carbocycles. The molecule has 0 spiro atoms. The molecule has 0 bridgehead atoms. The van der Waals surface area contributed by atoms with Crippen molar-refractivity contribution < 1.29 is 9.84 Å². The molecule has 0 aliphatic carbocycles. The topological polar surface area (TPSA) is 50.5 Å². The van der Waals surface area contributed by atoms with Gasteiger partial charge in [0.15, 0.2) is 0 Å². The Morgan fingerprint density at radius 3 is 2.47 bits per heavy atom. The number of aliphatic hydroxyl groups is 1. The number of likely N-dealkylation sites (tertiary alicyclic amines) is 1. The summed E-state index contributed by atoms with van der Waals surface area (Å²) in [6.07, 6.45) is 8.68. The van der Waals surface area contributed by atoms with Crippen molar-refractivity contribution in [3.8, 4) is 5.69 Å². The van der Waals surface area contributed by atoms with Gasteiger partial charge in [-0.3, -0.25) is 4.98 Å². The van der Waals surface area contributed by atoms with Crippen LogP contribution in [0.5, 0.6) is 0 Å². The zero-order valence-electron chi connectivity index (χ0n) is 19.9. The maximum atomic E-state index is 12.4. The Bertz CT molecular complexity index is 1050. The fraction of sp³-hybridized carbons (Fsp3) is 0.444. The first kappa shape index (κ1) is 22.7. The molecule has 4 rings (SSSR count). The minimum Gasteiger partial charge on any atom is -0.384 e. The van der Waals surface area contributed by atoms with E-state index in [-0.39, 0.29) is 5.41 Å². The van der Waals surface area contributed by atoms with Gasteiger partial charge in [0.05, 0.1) is 18.5 Å². The first-order valence-electron chi connectivity index (χ1n) is 11.4. The summed E-state index contributed by atoms with van der Waals surface area (Å²) < 4.78 is 7.27. The number of ether oxygens (including phenoxy) is 1. The van der Waals surface area contributed by atoms with Crippen molar-refractivity contribution in [2.24, 2.45) is 5.41 Å². The van der Waals surface area contributed by atoms with Gasteiger partial charge in [0.2, 0.25) is 0 Å². The van der Waals surface area contributed by atoms with Gasteiger partial charge in [0.25, 0.3) is 0 Å². The van der Waals surface area contributed by atoms with Gasteiger partial charge in [-0.2, -0.15) is 0 Å². The molecule has 170 valence electrons. The fourth-order valence-corrected chi connectivity index (χ4v) is 5.08. The SMILES string of the molecule is COCCc1ccn(-c2cncc([C@@](O)(c3ccc(C(C)C)cc3)C3(C)CN(C)C3)c2)c1. The smallest absolute Gasteiger partial charge is 0.124 e. The van der Waals surface area contributed by atoms with Gasteiger partial charge in [-0.25, -0.2) is 0 Å². The van der Waals surface area contributed by atoms with Crippen molar-refractivity contribution in [2.75, 3.05) is 33.9 Å². The second kappa shape index (κ2) is 8.81. The molecule has 1 saturated heterocycles. The highest BCUT2D eigenvalue weighted by atomic mass is 16.5. The lowest BCUT2D eigenvalue weighted by Crippen LogP contribution is -2.63. The van der Waals surface area contributed by atoms with E-state index in [1.807, 2.05) is 18.6 Å². The molecular weight excluding hydrogens is 398 g/mol. The average Bonchev–Trinajstić information content (AvgIpc) is 3.25. The maximum absolute atomic E-state index is 12.4. The predicted molar refractivity (Wildman–Crippen MR) is 128 cm³/mol. The van der Waals surface area contributed by atoms with Crippen molar-refractivity contribution in [1.82, 2.24) is 14.5 Å². The van der Waals surface area contributed by atoms with E-state index in [9.17, 15) is 5.11 Å². The number of rotatable bonds is 8. The molecule has 5 heteroatoms. The van der Waals surface area contributed by atoms with Crippen LogP contribution in [0.2, 0.25) is 0 Å². The highest BCUT2D eigenvalue weighted by molar-refractivity contribution is 5.45. The number of pyridine rings is 1. The van der Waals surface area contributed by atoms with Crippen LogP contribution in [0.1, 0.15) is 48.9 Å². The van der Waals surface area contributed by atoms with Crippen LogP contribution in [0, 0.1) is 5.41 Å². The molecule has 1 atom stereocenters. The lowest BCUT2D eigenvalue weighted by atomic mass is 9.62. The van der Waals surface area contributed by atoms with Crippen LogP contribution in [0.15, 0.2) is 61.2 Å². The molecular formula is C27H35N3O2. The normalized spacial score (nSPS) is 17.8. The Morgan fingerprint density at radius 1 is 1.12 bits per heavy atom. The number of hydrogen-bond acceptors (Lipinski definition) is 4. The zero-order valence-corrected chi connectivity index (χ0v) is 19.9.